The van der Waals surface area contributed by atoms with Gasteiger partial charge in [-0.3, -0.25) is 0 Å². The number of unbranched alkanes of at least 4 members (excludes halogenated alkanes) is 12. The molecule has 0 heterocycles. The van der Waals surface area contributed by atoms with Crippen molar-refractivity contribution in [1.29, 1.82) is 0 Å². The van der Waals surface area contributed by atoms with Gasteiger partial charge in [0.25, 0.3) is 0 Å². The molecule has 0 spiro atoms. The van der Waals surface area contributed by atoms with Crippen LogP contribution in [0, 0.1) is 0 Å². The summed E-state index contributed by atoms with van der Waals surface area (Å²) in [4.78, 5) is 0. The van der Waals surface area contributed by atoms with Crippen LogP contribution in [0.15, 0.2) is 0 Å². The second-order valence-electron chi connectivity index (χ2n) is 8.52. The van der Waals surface area contributed by atoms with E-state index in [2.05, 4.69) is 13.8 Å². The first kappa shape index (κ1) is 32.1. The van der Waals surface area contributed by atoms with Gasteiger partial charge < -0.3 is 9.66 Å². The molecular formula is C23H47NaO4S. The molecule has 4 nitrogen and oxygen atoms in total. The summed E-state index contributed by atoms with van der Waals surface area (Å²) >= 11 is 0. The summed E-state index contributed by atoms with van der Waals surface area (Å²) < 4.78 is 34.4. The van der Waals surface area contributed by atoms with Gasteiger partial charge in [0.15, 0.2) is 0 Å². The molecule has 0 radical (unpaired) electrons. The van der Waals surface area contributed by atoms with E-state index >= 15 is 0 Å². The molecule has 0 saturated carbocycles. The Balaban J connectivity index is 0. The van der Waals surface area contributed by atoms with E-state index < -0.39 is 15.4 Å². The molecule has 0 bridgehead atoms. The molecule has 29 heavy (non-hydrogen) atoms. The van der Waals surface area contributed by atoms with Gasteiger partial charge in [-0.25, -0.2) is 8.42 Å². The molecule has 2 atom stereocenters. The van der Waals surface area contributed by atoms with E-state index in [0.717, 1.165) is 77.0 Å². The molecule has 0 aromatic heterocycles. The van der Waals surface area contributed by atoms with Gasteiger partial charge in [0.2, 0.25) is 0 Å². The summed E-state index contributed by atoms with van der Waals surface area (Å²) in [7, 11) is -4.16. The van der Waals surface area contributed by atoms with Crippen molar-refractivity contribution in [2.45, 2.75) is 147 Å². The maximum atomic E-state index is 11.5. The molecule has 1 N–H and O–H groups in total. The molecule has 0 saturated heterocycles. The van der Waals surface area contributed by atoms with Gasteiger partial charge in [-0.2, -0.15) is 0 Å². The normalized spacial score (nSPS) is 13.8. The fourth-order valence-corrected chi connectivity index (χ4v) is 4.73. The molecule has 0 aliphatic carbocycles. The largest absolute Gasteiger partial charge is 1.00 e. The van der Waals surface area contributed by atoms with Gasteiger partial charge in [-0.05, 0) is 25.7 Å². The van der Waals surface area contributed by atoms with Crippen LogP contribution in [-0.2, 0) is 10.1 Å². The Morgan fingerprint density at radius 1 is 0.621 bits per heavy atom. The fourth-order valence-electron chi connectivity index (χ4n) is 3.82. The summed E-state index contributed by atoms with van der Waals surface area (Å²) in [6.45, 7) is 4.35. The summed E-state index contributed by atoms with van der Waals surface area (Å²) in [5, 5.41) is 9.22. The number of aliphatic hydroxyl groups is 1. The minimum absolute atomic E-state index is 0. The molecule has 0 amide bonds. The summed E-state index contributed by atoms with van der Waals surface area (Å²) in [5.74, 6) is 0. The van der Waals surface area contributed by atoms with E-state index in [4.69, 9.17) is 0 Å². The van der Waals surface area contributed by atoms with Crippen LogP contribution in [0.5, 0.6) is 0 Å². The van der Waals surface area contributed by atoms with Crippen molar-refractivity contribution in [1.82, 2.24) is 0 Å². The van der Waals surface area contributed by atoms with Crippen LogP contribution in [0.2, 0.25) is 0 Å². The summed E-state index contributed by atoms with van der Waals surface area (Å²) in [6, 6.07) is 0. The Bertz CT molecular complexity index is 429. The van der Waals surface area contributed by atoms with Crippen LogP contribution >= 0.6 is 0 Å². The van der Waals surface area contributed by atoms with Crippen molar-refractivity contribution < 1.29 is 47.6 Å². The van der Waals surface area contributed by atoms with E-state index in [1.807, 2.05) is 0 Å². The van der Waals surface area contributed by atoms with E-state index in [9.17, 15) is 18.1 Å². The third-order valence-electron chi connectivity index (χ3n) is 5.74. The Labute approximate surface area is 204 Å². The van der Waals surface area contributed by atoms with E-state index in [1.54, 1.807) is 0 Å². The fraction of sp³-hybridized carbons (Fsp3) is 1.00. The van der Waals surface area contributed by atoms with Gasteiger partial charge in [-0.1, -0.05) is 110 Å². The topological polar surface area (TPSA) is 77.4 Å². The first-order valence-corrected chi connectivity index (χ1v) is 13.5. The Morgan fingerprint density at radius 2 is 0.931 bits per heavy atom. The predicted molar refractivity (Wildman–Crippen MR) is 119 cm³/mol. The van der Waals surface area contributed by atoms with Crippen LogP contribution in [0.4, 0.5) is 0 Å². The van der Waals surface area contributed by atoms with Crippen LogP contribution in [0.1, 0.15) is 136 Å². The number of hydrogen-bond donors (Lipinski definition) is 1. The second kappa shape index (κ2) is 22.1. The number of hydrogen-bond acceptors (Lipinski definition) is 4. The zero-order valence-electron chi connectivity index (χ0n) is 19.7. The van der Waals surface area contributed by atoms with Gasteiger partial charge in [0.1, 0.15) is 0 Å². The molecule has 0 aliphatic heterocycles. The third kappa shape index (κ3) is 21.9. The Kier molecular flexibility index (Phi) is 24.4. The molecular weight excluding hydrogens is 395 g/mol. The van der Waals surface area contributed by atoms with Crippen molar-refractivity contribution in [3.05, 3.63) is 0 Å². The average molecular weight is 443 g/mol. The molecule has 6 heteroatoms. The minimum Gasteiger partial charge on any atom is -0.748 e. The zero-order valence-corrected chi connectivity index (χ0v) is 22.5. The van der Waals surface area contributed by atoms with Gasteiger partial charge in [-0.15, -0.1) is 0 Å². The maximum absolute atomic E-state index is 11.5. The van der Waals surface area contributed by atoms with Crippen LogP contribution in [0.25, 0.3) is 0 Å². The SMILES string of the molecule is CCCCCCCCC(CCCCCCCCC(O)CCCCC)S(=O)(=O)[O-].[Na+]. The third-order valence-corrected chi connectivity index (χ3v) is 7.03. The quantitative estimate of drug-likeness (QED) is 0.167. The molecule has 0 aliphatic rings. The van der Waals surface area contributed by atoms with Gasteiger partial charge in [0, 0.05) is 5.25 Å². The van der Waals surface area contributed by atoms with Gasteiger partial charge >= 0.3 is 29.6 Å². The summed E-state index contributed by atoms with van der Waals surface area (Å²) in [6.07, 6.45) is 19.2. The van der Waals surface area contributed by atoms with Crippen molar-refractivity contribution in [2.24, 2.45) is 0 Å². The van der Waals surface area contributed by atoms with Crippen molar-refractivity contribution >= 4 is 10.1 Å². The van der Waals surface area contributed by atoms with Crippen molar-refractivity contribution in [3.8, 4) is 0 Å². The molecule has 0 aromatic carbocycles. The Morgan fingerprint density at radius 3 is 1.34 bits per heavy atom. The molecule has 170 valence electrons. The molecule has 0 rings (SSSR count). The molecule has 0 fully saturated rings. The minimum atomic E-state index is -4.16. The first-order valence-electron chi connectivity index (χ1n) is 12.0. The molecule has 2 unspecified atom stereocenters. The van der Waals surface area contributed by atoms with Gasteiger partial charge in [0.05, 0.1) is 16.2 Å². The van der Waals surface area contributed by atoms with Crippen LogP contribution in [0.3, 0.4) is 0 Å². The smallest absolute Gasteiger partial charge is 0.748 e. The number of rotatable bonds is 21. The monoisotopic (exact) mass is 442 g/mol. The van der Waals surface area contributed by atoms with Crippen LogP contribution < -0.4 is 29.6 Å². The zero-order chi connectivity index (χ0) is 21.1. The second-order valence-corrected chi connectivity index (χ2v) is 10.2. The Hall–Kier alpha value is 0.870. The standard InChI is InChI=1S/C23H48O4S.Na/c1-3-5-7-8-12-16-20-23(28(25,26)27)21-17-13-10-9-11-15-19-22(24)18-14-6-4-2;/h22-24H,3-21H2,1-2H3,(H,25,26,27);/q;+1/p-1. The van der Waals surface area contributed by atoms with Crippen LogP contribution in [-0.4, -0.2) is 29.4 Å². The number of aliphatic hydroxyl groups excluding tert-OH is 1. The van der Waals surface area contributed by atoms with E-state index in [0.29, 0.717) is 12.8 Å². The predicted octanol–water partition coefficient (Wildman–Crippen LogP) is 3.72. The average Bonchev–Trinajstić information content (AvgIpc) is 2.64. The van der Waals surface area contributed by atoms with E-state index in [-0.39, 0.29) is 35.7 Å². The van der Waals surface area contributed by atoms with Crippen molar-refractivity contribution in [3.63, 3.8) is 0 Å². The summed E-state index contributed by atoms with van der Waals surface area (Å²) in [5.41, 5.74) is 0. The first-order chi connectivity index (χ1) is 13.4. The maximum Gasteiger partial charge on any atom is 1.00 e. The van der Waals surface area contributed by atoms with E-state index in [1.165, 1.54) is 32.1 Å². The van der Waals surface area contributed by atoms with Crippen molar-refractivity contribution in [2.75, 3.05) is 0 Å². The molecule has 0 aromatic rings.